The molecule has 1 amide bonds. The van der Waals surface area contributed by atoms with Gasteiger partial charge in [0, 0.05) is 5.54 Å². The number of hydrogen-bond acceptors (Lipinski definition) is 3. The van der Waals surface area contributed by atoms with Crippen molar-refractivity contribution in [1.29, 1.82) is 0 Å². The predicted molar refractivity (Wildman–Crippen MR) is 47.0 cm³/mol. The summed E-state index contributed by atoms with van der Waals surface area (Å²) in [6.07, 6.45) is 4.10. The highest BCUT2D eigenvalue weighted by molar-refractivity contribution is 6.32. The van der Waals surface area contributed by atoms with Crippen LogP contribution in [0.3, 0.4) is 0 Å². The lowest BCUT2D eigenvalue weighted by atomic mass is 10.0. The Hall–Kier alpha value is -1.06. The van der Waals surface area contributed by atoms with Crippen LogP contribution in [0, 0.1) is 0 Å². The molecule has 4 heteroatoms. The molecule has 13 heavy (non-hydrogen) atoms. The second-order valence-corrected chi connectivity index (χ2v) is 3.71. The van der Waals surface area contributed by atoms with Crippen LogP contribution in [0.4, 0.5) is 0 Å². The van der Waals surface area contributed by atoms with E-state index >= 15 is 0 Å². The van der Waals surface area contributed by atoms with Gasteiger partial charge in [0.1, 0.15) is 0 Å². The number of carbonyl (C=O) groups excluding carboxylic acids is 2. The van der Waals surface area contributed by atoms with E-state index in [1.54, 1.807) is 0 Å². The van der Waals surface area contributed by atoms with Gasteiger partial charge in [-0.25, -0.2) is 4.79 Å². The van der Waals surface area contributed by atoms with Gasteiger partial charge < -0.3 is 10.1 Å². The topological polar surface area (TPSA) is 55.4 Å². The number of ether oxygens (including phenoxy) is 1. The van der Waals surface area contributed by atoms with E-state index in [-0.39, 0.29) is 5.54 Å². The molecule has 0 radical (unpaired) electrons. The smallest absolute Gasteiger partial charge is 0.396 e. The number of amides is 1. The highest BCUT2D eigenvalue weighted by Gasteiger charge is 2.32. The maximum absolute atomic E-state index is 11.1. The predicted octanol–water partition coefficient (Wildman–Crippen LogP) is 0.608. The van der Waals surface area contributed by atoms with Gasteiger partial charge >= 0.3 is 11.9 Å². The van der Waals surface area contributed by atoms with Crippen LogP contribution in [-0.2, 0) is 14.3 Å². The lowest BCUT2D eigenvalue weighted by molar-refractivity contribution is -0.153. The van der Waals surface area contributed by atoms with Gasteiger partial charge in [0.15, 0.2) is 0 Å². The van der Waals surface area contributed by atoms with Gasteiger partial charge in [0.25, 0.3) is 0 Å². The van der Waals surface area contributed by atoms with Gasteiger partial charge in [-0.2, -0.15) is 0 Å². The van der Waals surface area contributed by atoms with Crippen LogP contribution in [0.1, 0.15) is 32.6 Å². The van der Waals surface area contributed by atoms with Crippen LogP contribution >= 0.6 is 0 Å². The Morgan fingerprint density at radius 2 is 1.85 bits per heavy atom. The molecule has 0 atom stereocenters. The third-order valence-corrected chi connectivity index (χ3v) is 2.49. The Balaban J connectivity index is 2.47. The Morgan fingerprint density at radius 1 is 1.31 bits per heavy atom. The zero-order valence-electron chi connectivity index (χ0n) is 8.05. The molecule has 74 valence electrons. The number of hydrogen-bond donors (Lipinski definition) is 1. The summed E-state index contributed by atoms with van der Waals surface area (Å²) in [5.74, 6) is -1.44. The summed E-state index contributed by atoms with van der Waals surface area (Å²) >= 11 is 0. The zero-order chi connectivity index (χ0) is 9.90. The number of carbonyl (C=O) groups is 2. The van der Waals surface area contributed by atoms with Gasteiger partial charge in [-0.3, -0.25) is 4.79 Å². The number of esters is 1. The first-order valence-corrected chi connectivity index (χ1v) is 4.48. The fourth-order valence-corrected chi connectivity index (χ4v) is 1.70. The second-order valence-electron chi connectivity index (χ2n) is 3.71. The Kier molecular flexibility index (Phi) is 2.90. The number of nitrogens with one attached hydrogen (secondary N) is 1. The summed E-state index contributed by atoms with van der Waals surface area (Å²) in [5.41, 5.74) is -0.203. The highest BCUT2D eigenvalue weighted by atomic mass is 16.5. The largest absolute Gasteiger partial charge is 0.462 e. The Bertz CT molecular complexity index is 219. The molecule has 0 aromatic heterocycles. The molecule has 0 bridgehead atoms. The maximum atomic E-state index is 11.1. The van der Waals surface area contributed by atoms with Crippen LogP contribution in [-0.4, -0.2) is 24.5 Å². The van der Waals surface area contributed by atoms with Crippen molar-refractivity contribution in [2.45, 2.75) is 38.1 Å². The molecule has 1 N–H and O–H groups in total. The molecule has 1 aliphatic carbocycles. The van der Waals surface area contributed by atoms with Crippen molar-refractivity contribution in [3.8, 4) is 0 Å². The molecule has 0 saturated heterocycles. The molecule has 0 spiro atoms. The normalized spacial score (nSPS) is 19.5. The molecule has 4 nitrogen and oxygen atoms in total. The summed E-state index contributed by atoms with van der Waals surface area (Å²) in [7, 11) is 1.21. The third kappa shape index (κ3) is 2.44. The van der Waals surface area contributed by atoms with Crippen LogP contribution in [0.15, 0.2) is 0 Å². The molecule has 0 aliphatic heterocycles. The molecule has 0 unspecified atom stereocenters. The van der Waals surface area contributed by atoms with Gasteiger partial charge in [0.05, 0.1) is 7.11 Å². The summed E-state index contributed by atoms with van der Waals surface area (Å²) in [4.78, 5) is 22.0. The van der Waals surface area contributed by atoms with Crippen molar-refractivity contribution in [3.05, 3.63) is 0 Å². The number of rotatable bonds is 1. The lowest BCUT2D eigenvalue weighted by Gasteiger charge is -2.24. The van der Waals surface area contributed by atoms with Crippen LogP contribution < -0.4 is 5.32 Å². The van der Waals surface area contributed by atoms with Crippen molar-refractivity contribution in [2.75, 3.05) is 7.11 Å². The van der Waals surface area contributed by atoms with E-state index in [0.717, 1.165) is 25.7 Å². The summed E-state index contributed by atoms with van der Waals surface area (Å²) < 4.78 is 4.32. The van der Waals surface area contributed by atoms with Crippen LogP contribution in [0.2, 0.25) is 0 Å². The van der Waals surface area contributed by atoms with Crippen molar-refractivity contribution < 1.29 is 14.3 Å². The van der Waals surface area contributed by atoms with E-state index in [1.165, 1.54) is 7.11 Å². The maximum Gasteiger partial charge on any atom is 0.396 e. The molecule has 1 aliphatic rings. The number of methoxy groups -OCH3 is 1. The highest BCUT2D eigenvalue weighted by Crippen LogP contribution is 2.28. The van der Waals surface area contributed by atoms with Crippen molar-refractivity contribution >= 4 is 11.9 Å². The fourth-order valence-electron chi connectivity index (χ4n) is 1.70. The van der Waals surface area contributed by atoms with E-state index in [1.807, 2.05) is 6.92 Å². The molecule has 0 heterocycles. The molecular formula is C9H15NO3. The van der Waals surface area contributed by atoms with Crippen molar-refractivity contribution in [2.24, 2.45) is 0 Å². The summed E-state index contributed by atoms with van der Waals surface area (Å²) in [6, 6.07) is 0. The molecule has 0 aromatic rings. The average Bonchev–Trinajstić information content (AvgIpc) is 2.50. The van der Waals surface area contributed by atoms with Crippen LogP contribution in [0.5, 0.6) is 0 Å². The molecule has 0 aromatic carbocycles. The summed E-state index contributed by atoms with van der Waals surface area (Å²) in [5, 5.41) is 2.69. The third-order valence-electron chi connectivity index (χ3n) is 2.49. The molecule has 1 rings (SSSR count). The minimum Gasteiger partial charge on any atom is -0.462 e. The van der Waals surface area contributed by atoms with Gasteiger partial charge in [-0.15, -0.1) is 0 Å². The lowest BCUT2D eigenvalue weighted by Crippen LogP contribution is -2.46. The monoisotopic (exact) mass is 185 g/mol. The minimum atomic E-state index is -0.812. The van der Waals surface area contributed by atoms with Crippen molar-refractivity contribution in [3.63, 3.8) is 0 Å². The second kappa shape index (κ2) is 3.77. The van der Waals surface area contributed by atoms with Gasteiger partial charge in [-0.1, -0.05) is 12.8 Å². The van der Waals surface area contributed by atoms with E-state index in [9.17, 15) is 9.59 Å². The quantitative estimate of drug-likeness (QED) is 0.481. The SMILES string of the molecule is COC(=O)C(=O)NC1(C)CCCC1. The van der Waals surface area contributed by atoms with Gasteiger partial charge in [-0.05, 0) is 19.8 Å². The first-order chi connectivity index (χ1) is 6.07. The fraction of sp³-hybridized carbons (Fsp3) is 0.778. The molecule has 1 fully saturated rings. The van der Waals surface area contributed by atoms with Gasteiger partial charge in [0.2, 0.25) is 0 Å². The Labute approximate surface area is 77.6 Å². The van der Waals surface area contributed by atoms with E-state index in [4.69, 9.17) is 0 Å². The minimum absolute atomic E-state index is 0.203. The molecule has 1 saturated carbocycles. The van der Waals surface area contributed by atoms with Crippen molar-refractivity contribution in [1.82, 2.24) is 5.32 Å². The first kappa shape index (κ1) is 10.0. The Morgan fingerprint density at radius 3 is 2.31 bits per heavy atom. The zero-order valence-corrected chi connectivity index (χ0v) is 8.05. The first-order valence-electron chi connectivity index (χ1n) is 4.48. The average molecular weight is 185 g/mol. The summed E-state index contributed by atoms with van der Waals surface area (Å²) in [6.45, 7) is 1.96. The molecular weight excluding hydrogens is 170 g/mol. The van der Waals surface area contributed by atoms with Crippen LogP contribution in [0.25, 0.3) is 0 Å². The van der Waals surface area contributed by atoms with E-state index in [2.05, 4.69) is 10.1 Å². The standard InChI is InChI=1S/C9H15NO3/c1-9(5-3-4-6-9)10-7(11)8(12)13-2/h3-6H2,1-2H3,(H,10,11). The van der Waals surface area contributed by atoms with E-state index in [0.29, 0.717) is 0 Å². The van der Waals surface area contributed by atoms with E-state index < -0.39 is 11.9 Å².